The maximum absolute atomic E-state index is 5.03. The van der Waals surface area contributed by atoms with Crippen molar-refractivity contribution in [2.45, 2.75) is 103 Å². The van der Waals surface area contributed by atoms with Gasteiger partial charge in [-0.1, -0.05) is 81.4 Å². The van der Waals surface area contributed by atoms with Crippen molar-refractivity contribution < 1.29 is 14.8 Å². The lowest BCUT2D eigenvalue weighted by Gasteiger charge is -2.04. The summed E-state index contributed by atoms with van der Waals surface area (Å²) in [4.78, 5) is 10.1. The highest BCUT2D eigenvalue weighted by molar-refractivity contribution is 4.81. The third-order valence-corrected chi connectivity index (χ3v) is 4.46. The van der Waals surface area contributed by atoms with Crippen molar-refractivity contribution in [3.8, 4) is 0 Å². The van der Waals surface area contributed by atoms with E-state index in [1.54, 1.807) is 0 Å². The molecule has 1 rings (SSSR count). The van der Waals surface area contributed by atoms with Crippen molar-refractivity contribution in [2.75, 3.05) is 13.2 Å². The van der Waals surface area contributed by atoms with Crippen LogP contribution in [0, 0.1) is 0 Å². The number of hydrogen-bond acceptors (Lipinski definition) is 3. The molecule has 0 amide bonds. The van der Waals surface area contributed by atoms with Crippen LogP contribution in [0.15, 0.2) is 12.2 Å². The molecule has 0 aromatic rings. The summed E-state index contributed by atoms with van der Waals surface area (Å²) in [6, 6.07) is 0. The van der Waals surface area contributed by atoms with Crippen LogP contribution in [0.2, 0.25) is 0 Å². The van der Waals surface area contributed by atoms with Crippen LogP contribution in [0.3, 0.4) is 0 Å². The van der Waals surface area contributed by atoms with Crippen molar-refractivity contribution in [3.05, 3.63) is 12.2 Å². The molecule has 136 valence electrons. The van der Waals surface area contributed by atoms with E-state index in [0.717, 1.165) is 12.8 Å². The zero-order chi connectivity index (χ0) is 16.3. The van der Waals surface area contributed by atoms with E-state index in [2.05, 4.69) is 12.2 Å². The third kappa shape index (κ3) is 16.3. The first kappa shape index (κ1) is 20.7. The van der Waals surface area contributed by atoms with Gasteiger partial charge in [0.2, 0.25) is 0 Å². The van der Waals surface area contributed by atoms with E-state index in [0.29, 0.717) is 13.2 Å². The Morgan fingerprint density at radius 3 is 1.17 bits per heavy atom. The summed E-state index contributed by atoms with van der Waals surface area (Å²) in [5.74, 6) is 0. The van der Waals surface area contributed by atoms with Gasteiger partial charge in [-0.15, -0.1) is 0 Å². The van der Waals surface area contributed by atoms with Crippen molar-refractivity contribution in [2.24, 2.45) is 0 Å². The first-order chi connectivity index (χ1) is 11.5. The van der Waals surface area contributed by atoms with E-state index in [9.17, 15) is 0 Å². The highest BCUT2D eigenvalue weighted by atomic mass is 17.5. The second-order valence-electron chi connectivity index (χ2n) is 6.71. The van der Waals surface area contributed by atoms with E-state index < -0.39 is 0 Å². The Balaban J connectivity index is 2.05. The van der Waals surface area contributed by atoms with Crippen LogP contribution >= 0.6 is 0 Å². The molecular formula is C20H38O3. The molecule has 0 fully saturated rings. The molecular weight excluding hydrogens is 288 g/mol. The van der Waals surface area contributed by atoms with Crippen molar-refractivity contribution >= 4 is 0 Å². The second kappa shape index (κ2) is 18.0. The lowest BCUT2D eigenvalue weighted by molar-refractivity contribution is -0.512. The standard InChI is InChI=1S/C20H38O3/c1-2-4-6-8-10-12-14-16-18-20-22-23-21-19-17-15-13-11-9-7-5-3-1/h1,3H,2,4-20H2/b3-1-. The Morgan fingerprint density at radius 2 is 0.739 bits per heavy atom. The van der Waals surface area contributed by atoms with E-state index in [1.165, 1.54) is 89.9 Å². The first-order valence-electron chi connectivity index (χ1n) is 10.1. The van der Waals surface area contributed by atoms with Crippen molar-refractivity contribution in [1.82, 2.24) is 0 Å². The molecule has 3 nitrogen and oxygen atoms in total. The van der Waals surface area contributed by atoms with E-state index >= 15 is 0 Å². The fourth-order valence-corrected chi connectivity index (χ4v) is 2.95. The predicted molar refractivity (Wildman–Crippen MR) is 96.0 cm³/mol. The molecule has 0 saturated carbocycles. The highest BCUT2D eigenvalue weighted by Gasteiger charge is 1.96. The van der Waals surface area contributed by atoms with Gasteiger partial charge in [-0.05, 0) is 38.5 Å². The van der Waals surface area contributed by atoms with Gasteiger partial charge in [-0.2, -0.15) is 0 Å². The fraction of sp³-hybridized carbons (Fsp3) is 0.900. The Labute approximate surface area is 143 Å². The van der Waals surface area contributed by atoms with Crippen LogP contribution in [-0.4, -0.2) is 13.2 Å². The summed E-state index contributed by atoms with van der Waals surface area (Å²) in [5.41, 5.74) is 0. The fourth-order valence-electron chi connectivity index (χ4n) is 2.95. The summed E-state index contributed by atoms with van der Waals surface area (Å²) in [6.45, 7) is 1.29. The molecule has 3 heteroatoms. The van der Waals surface area contributed by atoms with Gasteiger partial charge < -0.3 is 0 Å². The zero-order valence-electron chi connectivity index (χ0n) is 15.1. The van der Waals surface area contributed by atoms with Crippen molar-refractivity contribution in [3.63, 3.8) is 0 Å². The van der Waals surface area contributed by atoms with E-state index in [-0.39, 0.29) is 0 Å². The minimum Gasteiger partial charge on any atom is -0.206 e. The average Bonchev–Trinajstić information content (AvgIpc) is 2.56. The summed E-state index contributed by atoms with van der Waals surface area (Å²) < 4.78 is 0. The Bertz CT molecular complexity index is 229. The topological polar surface area (TPSA) is 27.7 Å². The summed E-state index contributed by atoms with van der Waals surface area (Å²) in [6.07, 6.45) is 25.4. The SMILES string of the molecule is C1=C\CCCCCCCCOOOCCCCCCCCCC/1. The number of hydrogen-bond donors (Lipinski definition) is 0. The molecule has 0 saturated heterocycles. The molecule has 0 aromatic carbocycles. The van der Waals surface area contributed by atoms with Gasteiger partial charge in [-0.25, -0.2) is 9.78 Å². The van der Waals surface area contributed by atoms with Crippen LogP contribution in [0.4, 0.5) is 0 Å². The summed E-state index contributed by atoms with van der Waals surface area (Å²) >= 11 is 0. The molecule has 0 radical (unpaired) electrons. The molecule has 0 aromatic heterocycles. The second-order valence-corrected chi connectivity index (χ2v) is 6.71. The van der Waals surface area contributed by atoms with Crippen LogP contribution in [0.25, 0.3) is 0 Å². The maximum Gasteiger partial charge on any atom is 0.0853 e. The number of allylic oxidation sites excluding steroid dienone is 2. The van der Waals surface area contributed by atoms with Crippen LogP contribution in [0.1, 0.15) is 103 Å². The van der Waals surface area contributed by atoms with Gasteiger partial charge in [-0.3, -0.25) is 0 Å². The van der Waals surface area contributed by atoms with Gasteiger partial charge in [0.1, 0.15) is 0 Å². The lowest BCUT2D eigenvalue weighted by atomic mass is 10.1. The molecule has 0 bridgehead atoms. The van der Waals surface area contributed by atoms with Gasteiger partial charge in [0.15, 0.2) is 0 Å². The minimum atomic E-state index is 0.642. The molecule has 23 heavy (non-hydrogen) atoms. The summed E-state index contributed by atoms with van der Waals surface area (Å²) in [5, 5.41) is 4.75. The monoisotopic (exact) mass is 326 g/mol. The smallest absolute Gasteiger partial charge is 0.0853 e. The first-order valence-corrected chi connectivity index (χ1v) is 10.1. The minimum absolute atomic E-state index is 0.642. The predicted octanol–water partition coefficient (Wildman–Crippen LogP) is 6.68. The van der Waals surface area contributed by atoms with Crippen LogP contribution in [-0.2, 0) is 14.8 Å². The van der Waals surface area contributed by atoms with Gasteiger partial charge in [0, 0.05) is 0 Å². The maximum atomic E-state index is 5.03. The highest BCUT2D eigenvalue weighted by Crippen LogP contribution is 2.11. The summed E-state index contributed by atoms with van der Waals surface area (Å²) in [7, 11) is 0. The number of rotatable bonds is 0. The van der Waals surface area contributed by atoms with Gasteiger partial charge >= 0.3 is 0 Å². The molecule has 0 atom stereocenters. The lowest BCUT2D eigenvalue weighted by Crippen LogP contribution is -2.00. The molecule has 0 unspecified atom stereocenters. The van der Waals surface area contributed by atoms with Crippen molar-refractivity contribution in [1.29, 1.82) is 0 Å². The Morgan fingerprint density at radius 1 is 0.391 bits per heavy atom. The third-order valence-electron chi connectivity index (χ3n) is 4.46. The Kier molecular flexibility index (Phi) is 16.1. The Hall–Kier alpha value is -0.380. The van der Waals surface area contributed by atoms with Gasteiger partial charge in [0.25, 0.3) is 0 Å². The molecule has 0 spiro atoms. The van der Waals surface area contributed by atoms with E-state index in [1.807, 2.05) is 0 Å². The zero-order valence-corrected chi connectivity index (χ0v) is 15.1. The largest absolute Gasteiger partial charge is 0.206 e. The van der Waals surface area contributed by atoms with Crippen LogP contribution in [0.5, 0.6) is 0 Å². The average molecular weight is 327 g/mol. The quantitative estimate of drug-likeness (QED) is 0.367. The van der Waals surface area contributed by atoms with Crippen LogP contribution < -0.4 is 0 Å². The molecule has 1 aliphatic heterocycles. The molecule has 1 heterocycles. The normalized spacial score (nSPS) is 24.7. The van der Waals surface area contributed by atoms with Gasteiger partial charge in [0.05, 0.1) is 13.2 Å². The molecule has 1 aliphatic rings. The van der Waals surface area contributed by atoms with E-state index in [4.69, 9.17) is 14.8 Å². The molecule has 0 N–H and O–H groups in total. The molecule has 0 aliphatic carbocycles.